The van der Waals surface area contributed by atoms with E-state index in [1.807, 2.05) is 24.4 Å². The summed E-state index contributed by atoms with van der Waals surface area (Å²) in [6.07, 6.45) is -0.954. The number of thiophene rings is 1. The molecule has 0 atom stereocenters. The van der Waals surface area contributed by atoms with Gasteiger partial charge in [0.1, 0.15) is 5.69 Å². The molecular weight excluding hydrogens is 362 g/mol. The van der Waals surface area contributed by atoms with Gasteiger partial charge in [0.15, 0.2) is 0 Å². The molecule has 3 aromatic heterocycles. The van der Waals surface area contributed by atoms with Crippen LogP contribution in [0.1, 0.15) is 17.2 Å². The Labute approximate surface area is 150 Å². The molecule has 4 rings (SSSR count). The lowest BCUT2D eigenvalue weighted by atomic mass is 10.1. The van der Waals surface area contributed by atoms with Gasteiger partial charge in [0.25, 0.3) is 11.8 Å². The molecule has 0 saturated carbocycles. The van der Waals surface area contributed by atoms with Crippen molar-refractivity contribution in [3.63, 3.8) is 0 Å². The molecule has 1 aromatic carbocycles. The van der Waals surface area contributed by atoms with Crippen LogP contribution in [0, 0.1) is 0 Å². The van der Waals surface area contributed by atoms with E-state index in [4.69, 9.17) is 10.2 Å². The first-order chi connectivity index (χ1) is 12.6. The van der Waals surface area contributed by atoms with Crippen molar-refractivity contribution in [1.82, 2.24) is 25.2 Å². The average molecular weight is 374 g/mol. The maximum absolute atomic E-state index is 12.5. The summed E-state index contributed by atoms with van der Waals surface area (Å²) in [5.41, 5.74) is 8.02. The van der Waals surface area contributed by atoms with E-state index in [1.165, 1.54) is 11.3 Å². The second-order valence-corrected chi connectivity index (χ2v) is 6.60. The van der Waals surface area contributed by atoms with Crippen molar-refractivity contribution in [2.45, 2.75) is 13.0 Å². The Bertz CT molecular complexity index is 1020. The van der Waals surface area contributed by atoms with E-state index in [-0.39, 0.29) is 5.89 Å². The van der Waals surface area contributed by atoms with Crippen LogP contribution in [0.5, 0.6) is 0 Å². The van der Waals surface area contributed by atoms with Crippen molar-refractivity contribution in [2.75, 3.05) is 5.73 Å². The zero-order valence-corrected chi connectivity index (χ0v) is 14.0. The predicted molar refractivity (Wildman–Crippen MR) is 91.5 cm³/mol. The van der Waals surface area contributed by atoms with Crippen molar-refractivity contribution >= 4 is 17.0 Å². The molecule has 0 radical (unpaired) electrons. The summed E-state index contributed by atoms with van der Waals surface area (Å²) in [5.74, 6) is -0.600. The van der Waals surface area contributed by atoms with Gasteiger partial charge in [-0.15, -0.1) is 26.6 Å². The Morgan fingerprint density at radius 1 is 1.08 bits per heavy atom. The van der Waals surface area contributed by atoms with Crippen molar-refractivity contribution in [1.29, 1.82) is 0 Å². The minimum absolute atomic E-state index is 0.0812. The van der Waals surface area contributed by atoms with Crippen LogP contribution in [0.15, 0.2) is 47.0 Å². The van der Waals surface area contributed by atoms with Gasteiger partial charge in [-0.05, 0) is 24.3 Å². The zero-order valence-electron chi connectivity index (χ0n) is 13.2. The second-order valence-electron chi connectivity index (χ2n) is 5.44. The minimum Gasteiger partial charge on any atom is -0.414 e. The second kappa shape index (κ2) is 6.64. The maximum Gasteiger partial charge on any atom is 0.314 e. The molecule has 0 fully saturated rings. The van der Waals surface area contributed by atoms with Gasteiger partial charge in [0.2, 0.25) is 0 Å². The van der Waals surface area contributed by atoms with Crippen molar-refractivity contribution in [3.8, 4) is 22.0 Å². The molecular formula is C16H12F2N6OS. The normalized spacial score (nSPS) is 11.3. The highest BCUT2D eigenvalue weighted by molar-refractivity contribution is 7.15. The number of alkyl halides is 2. The van der Waals surface area contributed by atoms with Gasteiger partial charge >= 0.3 is 6.43 Å². The van der Waals surface area contributed by atoms with Crippen LogP contribution in [-0.4, -0.2) is 25.2 Å². The topological polar surface area (TPSA) is 95.7 Å². The average Bonchev–Trinajstić information content (AvgIpc) is 3.36. The van der Waals surface area contributed by atoms with Gasteiger partial charge in [-0.2, -0.15) is 8.78 Å². The molecule has 2 N–H and O–H groups in total. The number of nitrogens with two attached hydrogens (primary N) is 1. The Kier molecular flexibility index (Phi) is 4.17. The van der Waals surface area contributed by atoms with Crippen LogP contribution in [0.4, 0.5) is 14.5 Å². The van der Waals surface area contributed by atoms with Crippen LogP contribution >= 0.6 is 11.3 Å². The molecule has 0 bridgehead atoms. The summed E-state index contributed by atoms with van der Waals surface area (Å²) >= 11 is 1.37. The van der Waals surface area contributed by atoms with E-state index < -0.39 is 12.3 Å². The van der Waals surface area contributed by atoms with Gasteiger partial charge in [-0.3, -0.25) is 0 Å². The van der Waals surface area contributed by atoms with E-state index in [9.17, 15) is 8.78 Å². The van der Waals surface area contributed by atoms with Gasteiger partial charge in [-0.25, -0.2) is 4.68 Å². The Morgan fingerprint density at radius 3 is 2.62 bits per heavy atom. The number of hydrogen-bond acceptors (Lipinski definition) is 7. The molecule has 0 aliphatic carbocycles. The molecule has 26 heavy (non-hydrogen) atoms. The maximum atomic E-state index is 12.5. The third-order valence-electron chi connectivity index (χ3n) is 3.56. The molecule has 0 unspecified atom stereocenters. The van der Waals surface area contributed by atoms with Crippen LogP contribution < -0.4 is 5.73 Å². The Balaban J connectivity index is 1.50. The van der Waals surface area contributed by atoms with Crippen LogP contribution in [-0.2, 0) is 6.54 Å². The largest absolute Gasteiger partial charge is 0.414 e. The van der Waals surface area contributed by atoms with Crippen molar-refractivity contribution < 1.29 is 13.2 Å². The molecule has 7 nitrogen and oxygen atoms in total. The number of rotatable bonds is 5. The molecule has 0 aliphatic heterocycles. The number of benzene rings is 1. The number of aromatic nitrogens is 5. The molecule has 132 valence electrons. The first-order valence-electron chi connectivity index (χ1n) is 7.55. The zero-order chi connectivity index (χ0) is 18.1. The highest BCUT2D eigenvalue weighted by Crippen LogP contribution is 2.29. The summed E-state index contributed by atoms with van der Waals surface area (Å²) in [5, 5.41) is 15.2. The highest BCUT2D eigenvalue weighted by Gasteiger charge is 2.18. The summed E-state index contributed by atoms with van der Waals surface area (Å²) in [6.45, 7) is 0.489. The summed E-state index contributed by atoms with van der Waals surface area (Å²) < 4.78 is 31.7. The Morgan fingerprint density at radius 2 is 1.88 bits per heavy atom. The number of anilines is 1. The fourth-order valence-corrected chi connectivity index (χ4v) is 3.24. The SMILES string of the molecule is Nc1ccc(-c2cn(Cc3ccc(-c4nnc(C(F)F)o4)s3)nn2)cc1. The highest BCUT2D eigenvalue weighted by atomic mass is 32.1. The number of halogens is 2. The summed E-state index contributed by atoms with van der Waals surface area (Å²) in [7, 11) is 0. The first kappa shape index (κ1) is 16.3. The van der Waals surface area contributed by atoms with Crippen LogP contribution in [0.25, 0.3) is 22.0 Å². The van der Waals surface area contributed by atoms with E-state index in [0.717, 1.165) is 16.1 Å². The summed E-state index contributed by atoms with van der Waals surface area (Å²) in [4.78, 5) is 1.57. The van der Waals surface area contributed by atoms with Gasteiger partial charge in [0.05, 0.1) is 17.6 Å². The van der Waals surface area contributed by atoms with Gasteiger partial charge in [0, 0.05) is 16.1 Å². The lowest BCUT2D eigenvalue weighted by molar-refractivity contribution is 0.116. The smallest absolute Gasteiger partial charge is 0.314 e. The fraction of sp³-hybridized carbons (Fsp3) is 0.125. The van der Waals surface area contributed by atoms with E-state index in [2.05, 4.69) is 20.5 Å². The quantitative estimate of drug-likeness (QED) is 0.536. The van der Waals surface area contributed by atoms with E-state index >= 15 is 0 Å². The van der Waals surface area contributed by atoms with Crippen LogP contribution in [0.3, 0.4) is 0 Å². The third kappa shape index (κ3) is 3.31. The van der Waals surface area contributed by atoms with Crippen LogP contribution in [0.2, 0.25) is 0 Å². The van der Waals surface area contributed by atoms with Gasteiger partial charge < -0.3 is 10.2 Å². The minimum atomic E-state index is -2.78. The molecule has 0 spiro atoms. The monoisotopic (exact) mass is 374 g/mol. The van der Waals surface area contributed by atoms with E-state index in [1.54, 1.807) is 22.9 Å². The standard InChI is InChI=1S/C16H12F2N6OS/c17-14(18)16-22-21-15(25-16)13-6-5-11(26-13)7-24-8-12(20-23-24)9-1-3-10(19)4-2-9/h1-6,8,14H,7,19H2. The number of hydrogen-bond donors (Lipinski definition) is 1. The predicted octanol–water partition coefficient (Wildman–Crippen LogP) is 3.62. The lowest BCUT2D eigenvalue weighted by Gasteiger charge is -1.97. The molecule has 0 saturated heterocycles. The lowest BCUT2D eigenvalue weighted by Crippen LogP contribution is -1.97. The summed E-state index contributed by atoms with van der Waals surface area (Å²) in [6, 6.07) is 11.0. The van der Waals surface area contributed by atoms with Gasteiger partial charge in [-0.1, -0.05) is 17.3 Å². The molecule has 10 heteroatoms. The molecule has 4 aromatic rings. The fourth-order valence-electron chi connectivity index (χ4n) is 2.32. The molecule has 3 heterocycles. The van der Waals surface area contributed by atoms with E-state index in [0.29, 0.717) is 17.1 Å². The Hall–Kier alpha value is -3.14. The molecule has 0 aliphatic rings. The number of nitrogen functional groups attached to an aromatic ring is 1. The number of nitrogens with zero attached hydrogens (tertiary/aromatic N) is 5. The molecule has 0 amide bonds. The van der Waals surface area contributed by atoms with Crippen molar-refractivity contribution in [2.24, 2.45) is 0 Å². The third-order valence-corrected chi connectivity index (χ3v) is 4.62. The first-order valence-corrected chi connectivity index (χ1v) is 8.37. The van der Waals surface area contributed by atoms with Crippen molar-refractivity contribution in [3.05, 3.63) is 53.4 Å².